The van der Waals surface area contributed by atoms with Gasteiger partial charge in [-0.1, -0.05) is 48.5 Å². The third-order valence-electron chi connectivity index (χ3n) is 6.83. The molecule has 3 aromatic rings. The summed E-state index contributed by atoms with van der Waals surface area (Å²) in [7, 11) is 1.66. The van der Waals surface area contributed by atoms with Gasteiger partial charge >= 0.3 is 12.1 Å². The van der Waals surface area contributed by atoms with Gasteiger partial charge in [0.15, 0.2) is 6.04 Å². The summed E-state index contributed by atoms with van der Waals surface area (Å²) in [5.74, 6) is -1.67. The molecule has 0 saturated carbocycles. The Bertz CT molecular complexity index is 1240. The van der Waals surface area contributed by atoms with E-state index in [1.54, 1.807) is 13.1 Å². The molecule has 2 atom stereocenters. The Morgan fingerprint density at radius 2 is 1.74 bits per heavy atom. The van der Waals surface area contributed by atoms with E-state index in [0.29, 0.717) is 25.1 Å². The summed E-state index contributed by atoms with van der Waals surface area (Å²) in [4.78, 5) is 39.3. The summed E-state index contributed by atoms with van der Waals surface area (Å²) in [6.45, 7) is 0.421. The average Bonchev–Trinajstić information content (AvgIpc) is 3.58. The molecule has 1 fully saturated rings. The number of carbonyl (C=O) groups excluding carboxylic acids is 2. The van der Waals surface area contributed by atoms with Crippen molar-refractivity contribution in [3.05, 3.63) is 77.6 Å². The number of likely N-dealkylation sites (tertiary alicyclic amines) is 1. The van der Waals surface area contributed by atoms with Gasteiger partial charge in [-0.05, 0) is 41.2 Å². The number of aliphatic carboxylic acids is 1. The Morgan fingerprint density at radius 1 is 1.09 bits per heavy atom. The van der Waals surface area contributed by atoms with Crippen LogP contribution in [0.25, 0.3) is 11.1 Å². The Kier molecular flexibility index (Phi) is 5.98. The molecule has 0 spiro atoms. The topological polar surface area (TPSA) is 114 Å². The molecule has 9 heteroatoms. The lowest BCUT2D eigenvalue weighted by Crippen LogP contribution is -2.48. The molecule has 1 saturated heterocycles. The highest BCUT2D eigenvalue weighted by atomic mass is 16.5. The minimum Gasteiger partial charge on any atom is -0.480 e. The largest absolute Gasteiger partial charge is 0.480 e. The minimum absolute atomic E-state index is 0.105. The molecule has 2 N–H and O–H groups in total. The molecule has 0 radical (unpaired) electrons. The summed E-state index contributed by atoms with van der Waals surface area (Å²) >= 11 is 0. The van der Waals surface area contributed by atoms with E-state index in [2.05, 4.69) is 22.5 Å². The molecule has 2 aromatic carbocycles. The van der Waals surface area contributed by atoms with Crippen LogP contribution in [-0.2, 0) is 21.4 Å². The van der Waals surface area contributed by atoms with E-state index in [4.69, 9.17) is 4.74 Å². The molecule has 1 aliphatic carbocycles. The van der Waals surface area contributed by atoms with Gasteiger partial charge in [0, 0.05) is 25.7 Å². The molecule has 2 amide bonds. The third kappa shape index (κ3) is 4.14. The van der Waals surface area contributed by atoms with Crippen LogP contribution in [0.4, 0.5) is 4.79 Å². The number of ether oxygens (including phenoxy) is 1. The quantitative estimate of drug-likeness (QED) is 0.568. The summed E-state index contributed by atoms with van der Waals surface area (Å²) < 4.78 is 7.11. The van der Waals surface area contributed by atoms with Gasteiger partial charge in [-0.2, -0.15) is 5.10 Å². The smallest absolute Gasteiger partial charge is 0.408 e. The molecule has 1 unspecified atom stereocenters. The SMILES string of the molecule is Cn1nccc1C(NC(=O)OCC1c2ccccc2-c2ccccc21)C(=O)N1CCC[C@H]1C(=O)O. The first-order chi connectivity index (χ1) is 17.0. The maximum Gasteiger partial charge on any atom is 0.408 e. The average molecular weight is 475 g/mol. The summed E-state index contributed by atoms with van der Waals surface area (Å²) in [6.07, 6.45) is 1.74. The van der Waals surface area contributed by atoms with Crippen LogP contribution >= 0.6 is 0 Å². The molecule has 1 aromatic heterocycles. The number of amides is 2. The predicted octanol–water partition coefficient (Wildman–Crippen LogP) is 3.08. The number of benzene rings is 2. The predicted molar refractivity (Wildman–Crippen MR) is 127 cm³/mol. The molecular weight excluding hydrogens is 448 g/mol. The van der Waals surface area contributed by atoms with Crippen LogP contribution < -0.4 is 5.32 Å². The number of rotatable bonds is 6. The van der Waals surface area contributed by atoms with Crippen LogP contribution in [-0.4, -0.2) is 57.0 Å². The van der Waals surface area contributed by atoms with Crippen LogP contribution in [0.15, 0.2) is 60.8 Å². The van der Waals surface area contributed by atoms with Crippen LogP contribution in [0.3, 0.4) is 0 Å². The van der Waals surface area contributed by atoms with E-state index in [1.807, 2.05) is 36.4 Å². The number of nitrogens with one attached hydrogen (secondary N) is 1. The summed E-state index contributed by atoms with van der Waals surface area (Å²) in [5, 5.41) is 16.3. The van der Waals surface area contributed by atoms with Crippen molar-refractivity contribution in [2.75, 3.05) is 13.2 Å². The lowest BCUT2D eigenvalue weighted by atomic mass is 9.98. The Morgan fingerprint density at radius 3 is 2.34 bits per heavy atom. The second-order valence-electron chi connectivity index (χ2n) is 8.81. The Hall–Kier alpha value is -4.14. The van der Waals surface area contributed by atoms with E-state index in [9.17, 15) is 19.5 Å². The number of carboxylic acid groups (broad SMARTS) is 1. The zero-order valence-corrected chi connectivity index (χ0v) is 19.3. The van der Waals surface area contributed by atoms with Gasteiger partial charge in [0.05, 0.1) is 5.69 Å². The highest BCUT2D eigenvalue weighted by Crippen LogP contribution is 2.44. The van der Waals surface area contributed by atoms with E-state index >= 15 is 0 Å². The first kappa shape index (κ1) is 22.6. The van der Waals surface area contributed by atoms with Crippen LogP contribution in [0, 0.1) is 0 Å². The molecule has 5 rings (SSSR count). The normalized spacial score (nSPS) is 17.5. The van der Waals surface area contributed by atoms with Gasteiger partial charge in [-0.3, -0.25) is 9.48 Å². The molecule has 35 heavy (non-hydrogen) atoms. The van der Waals surface area contributed by atoms with Crippen LogP contribution in [0.1, 0.15) is 41.6 Å². The van der Waals surface area contributed by atoms with Crippen molar-refractivity contribution >= 4 is 18.0 Å². The number of fused-ring (bicyclic) bond motifs is 3. The second kappa shape index (κ2) is 9.25. The Labute approximate surface area is 202 Å². The summed E-state index contributed by atoms with van der Waals surface area (Å²) in [5.41, 5.74) is 4.85. The monoisotopic (exact) mass is 474 g/mol. The summed E-state index contributed by atoms with van der Waals surface area (Å²) in [6, 6.07) is 15.7. The van der Waals surface area contributed by atoms with Crippen molar-refractivity contribution in [1.29, 1.82) is 0 Å². The van der Waals surface area contributed by atoms with Gasteiger partial charge in [0.2, 0.25) is 0 Å². The number of aryl methyl sites for hydroxylation is 1. The molecular formula is C26H26N4O5. The molecule has 1 aliphatic heterocycles. The highest BCUT2D eigenvalue weighted by molar-refractivity contribution is 5.90. The highest BCUT2D eigenvalue weighted by Gasteiger charge is 2.39. The maximum atomic E-state index is 13.4. The Balaban J connectivity index is 1.34. The van der Waals surface area contributed by atoms with Gasteiger partial charge in [-0.15, -0.1) is 0 Å². The van der Waals surface area contributed by atoms with Gasteiger partial charge < -0.3 is 20.1 Å². The number of nitrogens with zero attached hydrogens (tertiary/aromatic N) is 3. The molecule has 0 bridgehead atoms. The zero-order valence-electron chi connectivity index (χ0n) is 19.3. The molecule has 2 aliphatic rings. The first-order valence-electron chi connectivity index (χ1n) is 11.6. The van der Waals surface area contributed by atoms with Crippen molar-refractivity contribution in [3.63, 3.8) is 0 Å². The van der Waals surface area contributed by atoms with E-state index in [-0.39, 0.29) is 12.5 Å². The van der Waals surface area contributed by atoms with Gasteiger partial charge in [0.1, 0.15) is 12.6 Å². The third-order valence-corrected chi connectivity index (χ3v) is 6.83. The van der Waals surface area contributed by atoms with E-state index in [1.165, 1.54) is 15.8 Å². The number of carboxylic acids is 1. The van der Waals surface area contributed by atoms with Crippen molar-refractivity contribution in [2.24, 2.45) is 7.05 Å². The molecule has 9 nitrogen and oxygen atoms in total. The van der Waals surface area contributed by atoms with Gasteiger partial charge in [0.25, 0.3) is 5.91 Å². The van der Waals surface area contributed by atoms with Crippen LogP contribution in [0.5, 0.6) is 0 Å². The van der Waals surface area contributed by atoms with E-state index < -0.39 is 30.1 Å². The molecule has 2 heterocycles. The number of hydrogen-bond acceptors (Lipinski definition) is 5. The van der Waals surface area contributed by atoms with E-state index in [0.717, 1.165) is 22.3 Å². The van der Waals surface area contributed by atoms with Crippen molar-refractivity contribution in [2.45, 2.75) is 30.8 Å². The number of hydrogen-bond donors (Lipinski definition) is 2. The minimum atomic E-state index is -1.11. The number of carbonyl (C=O) groups is 3. The lowest BCUT2D eigenvalue weighted by molar-refractivity contribution is -0.149. The van der Waals surface area contributed by atoms with Crippen molar-refractivity contribution in [1.82, 2.24) is 20.0 Å². The fraction of sp³-hybridized carbons (Fsp3) is 0.308. The number of aromatic nitrogens is 2. The standard InChI is InChI=1S/C26H26N4O5/c1-29-21(12-13-27-29)23(24(31)30-14-6-11-22(30)25(32)33)28-26(34)35-15-20-18-9-4-2-7-16(18)17-8-3-5-10-19(17)20/h2-5,7-10,12-13,20,22-23H,6,11,14-15H2,1H3,(H,28,34)(H,32,33)/t22-,23?/m0/s1. The zero-order chi connectivity index (χ0) is 24.5. The first-order valence-corrected chi connectivity index (χ1v) is 11.6. The fourth-order valence-corrected chi connectivity index (χ4v) is 5.14. The van der Waals surface area contributed by atoms with Gasteiger partial charge in [-0.25, -0.2) is 9.59 Å². The lowest BCUT2D eigenvalue weighted by Gasteiger charge is -2.27. The van der Waals surface area contributed by atoms with Crippen molar-refractivity contribution < 1.29 is 24.2 Å². The maximum absolute atomic E-state index is 13.4. The fourth-order valence-electron chi connectivity index (χ4n) is 5.14. The second-order valence-corrected chi connectivity index (χ2v) is 8.81. The van der Waals surface area contributed by atoms with Crippen molar-refractivity contribution in [3.8, 4) is 11.1 Å². The number of alkyl carbamates (subject to hydrolysis) is 1. The molecule has 180 valence electrons. The van der Waals surface area contributed by atoms with Crippen LogP contribution in [0.2, 0.25) is 0 Å².